The molecule has 0 bridgehead atoms. The Morgan fingerprint density at radius 2 is 2.00 bits per heavy atom. The number of rotatable bonds is 0. The van der Waals surface area contributed by atoms with Gasteiger partial charge in [-0.05, 0) is 11.3 Å². The molecule has 0 amide bonds. The van der Waals surface area contributed by atoms with Gasteiger partial charge in [-0.25, -0.2) is 0 Å². The van der Waals surface area contributed by atoms with E-state index in [0.29, 0.717) is 0 Å². The van der Waals surface area contributed by atoms with Crippen LogP contribution in [0.3, 0.4) is 0 Å². The van der Waals surface area contributed by atoms with E-state index in [0.717, 1.165) is 5.69 Å². The molecule has 1 heterocycles. The van der Waals surface area contributed by atoms with Gasteiger partial charge in [-0.2, -0.15) is 0 Å². The average molecular weight is 332 g/mol. The van der Waals surface area contributed by atoms with Crippen LogP contribution in [0.15, 0.2) is 12.3 Å². The first-order valence-electron chi connectivity index (χ1n) is 2.32. The molecule has 0 N–H and O–H groups in total. The largest absolute Gasteiger partial charge is 0.178 e. The third-order valence-electron chi connectivity index (χ3n) is 0.794. The molecule has 1 aromatic heterocycles. The molecular formula is C4H2Br3N3. The molecule has 0 aromatic carbocycles. The van der Waals surface area contributed by atoms with Gasteiger partial charge >= 0.3 is 0 Å². The number of hydrogen-bond acceptors (Lipinski definition) is 3. The highest BCUT2D eigenvalue weighted by molar-refractivity contribution is 9.38. The Morgan fingerprint density at radius 3 is 2.30 bits per heavy atom. The van der Waals surface area contributed by atoms with E-state index in [-0.39, 0.29) is 0 Å². The Kier molecular flexibility index (Phi) is 2.76. The second-order valence-corrected chi connectivity index (χ2v) is 8.26. The summed E-state index contributed by atoms with van der Waals surface area (Å²) in [4.78, 5) is 0. The van der Waals surface area contributed by atoms with E-state index >= 15 is 0 Å². The molecule has 0 atom stereocenters. The monoisotopic (exact) mass is 329 g/mol. The van der Waals surface area contributed by atoms with Crippen LogP contribution in [0.25, 0.3) is 0 Å². The molecule has 3 nitrogen and oxygen atoms in total. The fourth-order valence-corrected chi connectivity index (χ4v) is 1.03. The third kappa shape index (κ3) is 2.25. The summed E-state index contributed by atoms with van der Waals surface area (Å²) in [7, 11) is 0. The molecule has 54 valence electrons. The molecule has 1 aromatic rings. The number of alkyl halides is 3. The predicted molar refractivity (Wildman–Crippen MR) is 48.3 cm³/mol. The molecular weight excluding hydrogens is 330 g/mol. The third-order valence-corrected chi connectivity index (χ3v) is 2.01. The van der Waals surface area contributed by atoms with E-state index in [1.54, 1.807) is 12.3 Å². The fraction of sp³-hybridized carbons (Fsp3) is 0.250. The summed E-state index contributed by atoms with van der Waals surface area (Å²) < 4.78 is -0.483. The first kappa shape index (κ1) is 8.55. The van der Waals surface area contributed by atoms with Crippen LogP contribution in [0.4, 0.5) is 0 Å². The molecule has 0 fully saturated rings. The maximum Gasteiger partial charge on any atom is 0.178 e. The van der Waals surface area contributed by atoms with E-state index in [2.05, 4.69) is 63.2 Å². The van der Waals surface area contributed by atoms with Gasteiger partial charge in [0.1, 0.15) is 5.69 Å². The second kappa shape index (κ2) is 3.23. The normalized spacial score (nSPS) is 11.5. The van der Waals surface area contributed by atoms with Crippen molar-refractivity contribution in [1.29, 1.82) is 0 Å². The number of hydrogen-bond donors (Lipinski definition) is 0. The highest BCUT2D eigenvalue weighted by Gasteiger charge is 2.22. The summed E-state index contributed by atoms with van der Waals surface area (Å²) in [6.07, 6.45) is 1.57. The van der Waals surface area contributed by atoms with Crippen LogP contribution in [0.2, 0.25) is 0 Å². The van der Waals surface area contributed by atoms with E-state index < -0.39 is 2.14 Å². The van der Waals surface area contributed by atoms with Crippen molar-refractivity contribution in [2.24, 2.45) is 0 Å². The van der Waals surface area contributed by atoms with Crippen molar-refractivity contribution in [3.8, 4) is 0 Å². The van der Waals surface area contributed by atoms with E-state index in [4.69, 9.17) is 0 Å². The minimum absolute atomic E-state index is 0.483. The zero-order chi connectivity index (χ0) is 7.61. The Morgan fingerprint density at radius 1 is 1.30 bits per heavy atom. The maximum absolute atomic E-state index is 3.75. The first-order valence-corrected chi connectivity index (χ1v) is 4.70. The predicted octanol–water partition coefficient (Wildman–Crippen LogP) is 2.17. The summed E-state index contributed by atoms with van der Waals surface area (Å²) in [5.74, 6) is 0. The van der Waals surface area contributed by atoms with Crippen LogP contribution >= 0.6 is 47.8 Å². The van der Waals surface area contributed by atoms with Gasteiger partial charge < -0.3 is 0 Å². The molecule has 6 heteroatoms. The minimum Gasteiger partial charge on any atom is -0.139 e. The van der Waals surface area contributed by atoms with Crippen molar-refractivity contribution in [3.63, 3.8) is 0 Å². The summed E-state index contributed by atoms with van der Waals surface area (Å²) in [6, 6.07) is 1.74. The highest BCUT2D eigenvalue weighted by atomic mass is 80.0. The smallest absolute Gasteiger partial charge is 0.139 e. The van der Waals surface area contributed by atoms with Crippen molar-refractivity contribution in [3.05, 3.63) is 18.0 Å². The standard InChI is InChI=1S/C4H2Br3N3/c5-4(6,7)3-1-2-8-10-9-3/h1-2H. The molecule has 10 heavy (non-hydrogen) atoms. The molecule has 0 saturated heterocycles. The zero-order valence-corrected chi connectivity index (χ0v) is 9.39. The Bertz CT molecular complexity index is 207. The van der Waals surface area contributed by atoms with Crippen LogP contribution in [0, 0.1) is 0 Å². The van der Waals surface area contributed by atoms with Gasteiger partial charge in [0.05, 0.1) is 6.20 Å². The van der Waals surface area contributed by atoms with Crippen LogP contribution in [0.5, 0.6) is 0 Å². The number of aromatic nitrogens is 3. The topological polar surface area (TPSA) is 38.7 Å². The summed E-state index contributed by atoms with van der Waals surface area (Å²) >= 11 is 9.87. The lowest BCUT2D eigenvalue weighted by Crippen LogP contribution is -2.03. The van der Waals surface area contributed by atoms with Gasteiger partial charge in [0, 0.05) is 0 Å². The Labute approximate surface area is 83.0 Å². The lowest BCUT2D eigenvalue weighted by atomic mass is 10.5. The molecule has 0 saturated carbocycles. The van der Waals surface area contributed by atoms with Crippen molar-refractivity contribution < 1.29 is 0 Å². The van der Waals surface area contributed by atoms with Gasteiger partial charge in [-0.1, -0.05) is 47.8 Å². The Hall–Kier alpha value is 0.450. The van der Waals surface area contributed by atoms with Crippen molar-refractivity contribution in [2.75, 3.05) is 0 Å². The second-order valence-electron chi connectivity index (χ2n) is 1.50. The van der Waals surface area contributed by atoms with Crippen molar-refractivity contribution in [2.45, 2.75) is 2.14 Å². The first-order chi connectivity index (χ1) is 4.61. The van der Waals surface area contributed by atoms with E-state index in [1.165, 1.54) is 0 Å². The Balaban J connectivity index is 2.97. The molecule has 0 unspecified atom stereocenters. The summed E-state index contributed by atoms with van der Waals surface area (Å²) in [5, 5.41) is 10.7. The van der Waals surface area contributed by atoms with Crippen molar-refractivity contribution >= 4 is 47.8 Å². The van der Waals surface area contributed by atoms with Gasteiger partial charge in [0.25, 0.3) is 0 Å². The lowest BCUT2D eigenvalue weighted by Gasteiger charge is -2.07. The molecule has 0 spiro atoms. The minimum atomic E-state index is -0.483. The molecule has 1 rings (SSSR count). The van der Waals surface area contributed by atoms with E-state index in [9.17, 15) is 0 Å². The van der Waals surface area contributed by atoms with Crippen LogP contribution in [0.1, 0.15) is 5.69 Å². The fourth-order valence-electron chi connectivity index (χ4n) is 0.392. The SMILES string of the molecule is BrC(Br)(Br)c1ccnnn1. The molecule has 0 radical (unpaired) electrons. The van der Waals surface area contributed by atoms with Crippen LogP contribution < -0.4 is 0 Å². The van der Waals surface area contributed by atoms with Gasteiger partial charge in [0.2, 0.25) is 0 Å². The summed E-state index contributed by atoms with van der Waals surface area (Å²) in [6.45, 7) is 0. The zero-order valence-electron chi connectivity index (χ0n) is 4.63. The highest BCUT2D eigenvalue weighted by Crippen LogP contribution is 2.42. The lowest BCUT2D eigenvalue weighted by molar-refractivity contribution is 0.830. The van der Waals surface area contributed by atoms with Gasteiger partial charge in [-0.15, -0.1) is 10.2 Å². The number of halogens is 3. The van der Waals surface area contributed by atoms with Crippen molar-refractivity contribution in [1.82, 2.24) is 15.4 Å². The number of nitrogens with zero attached hydrogens (tertiary/aromatic N) is 3. The van der Waals surface area contributed by atoms with Gasteiger partial charge in [-0.3, -0.25) is 0 Å². The van der Waals surface area contributed by atoms with E-state index in [1.807, 2.05) is 0 Å². The molecule has 0 aliphatic heterocycles. The maximum atomic E-state index is 3.75. The molecule has 0 aliphatic rings. The van der Waals surface area contributed by atoms with Crippen LogP contribution in [-0.4, -0.2) is 15.4 Å². The summed E-state index contributed by atoms with van der Waals surface area (Å²) in [5.41, 5.74) is 0.725. The van der Waals surface area contributed by atoms with Crippen LogP contribution in [-0.2, 0) is 2.14 Å². The molecule has 0 aliphatic carbocycles. The van der Waals surface area contributed by atoms with Gasteiger partial charge in [0.15, 0.2) is 2.14 Å². The quantitative estimate of drug-likeness (QED) is 0.684. The average Bonchev–Trinajstić information content (AvgIpc) is 1.88.